The van der Waals surface area contributed by atoms with Crippen molar-refractivity contribution in [3.8, 4) is 5.75 Å². The van der Waals surface area contributed by atoms with Gasteiger partial charge in [-0.25, -0.2) is 0 Å². The van der Waals surface area contributed by atoms with Crippen molar-refractivity contribution >= 4 is 17.6 Å². The topological polar surface area (TPSA) is 75.6 Å². The summed E-state index contributed by atoms with van der Waals surface area (Å²) in [5.41, 5.74) is 1.60. The summed E-state index contributed by atoms with van der Waals surface area (Å²) in [5, 5.41) is 12.5. The Morgan fingerprint density at radius 2 is 1.80 bits per heavy atom. The second kappa shape index (κ2) is 6.21. The lowest BCUT2D eigenvalue weighted by Gasteiger charge is -2.25. The van der Waals surface area contributed by atoms with Gasteiger partial charge in [0.15, 0.2) is 0 Å². The van der Waals surface area contributed by atoms with Crippen LogP contribution in [0.3, 0.4) is 0 Å². The van der Waals surface area contributed by atoms with Crippen LogP contribution in [0.2, 0.25) is 0 Å². The highest BCUT2D eigenvalue weighted by atomic mass is 16.5. The fourth-order valence-electron chi connectivity index (χ4n) is 4.00. The van der Waals surface area contributed by atoms with Crippen LogP contribution in [0.15, 0.2) is 30.4 Å². The van der Waals surface area contributed by atoms with Crippen molar-refractivity contribution in [2.24, 2.45) is 23.7 Å². The van der Waals surface area contributed by atoms with Crippen molar-refractivity contribution in [2.75, 3.05) is 12.4 Å². The van der Waals surface area contributed by atoms with Crippen LogP contribution < -0.4 is 10.1 Å². The predicted molar refractivity (Wildman–Crippen MR) is 95.7 cm³/mol. The number of fused-ring (bicyclic) bond motifs is 2. The van der Waals surface area contributed by atoms with Crippen molar-refractivity contribution < 1.29 is 19.4 Å². The molecule has 5 heteroatoms. The van der Waals surface area contributed by atoms with E-state index in [0.717, 1.165) is 12.0 Å². The summed E-state index contributed by atoms with van der Waals surface area (Å²) in [5.74, 6) is -1.78. The van der Waals surface area contributed by atoms with E-state index in [-0.39, 0.29) is 23.2 Å². The maximum absolute atomic E-state index is 12.9. The van der Waals surface area contributed by atoms with Gasteiger partial charge in [0.25, 0.3) is 0 Å². The first-order valence-corrected chi connectivity index (χ1v) is 8.63. The molecule has 2 aliphatic rings. The Kier molecular flexibility index (Phi) is 4.35. The molecule has 0 aliphatic heterocycles. The fourth-order valence-corrected chi connectivity index (χ4v) is 4.00. The Hall–Kier alpha value is -2.30. The van der Waals surface area contributed by atoms with Crippen LogP contribution in [0.4, 0.5) is 5.69 Å². The smallest absolute Gasteiger partial charge is 0.307 e. The van der Waals surface area contributed by atoms with Crippen LogP contribution >= 0.6 is 0 Å². The maximum Gasteiger partial charge on any atom is 0.307 e. The van der Waals surface area contributed by atoms with Gasteiger partial charge in [0.2, 0.25) is 5.91 Å². The van der Waals surface area contributed by atoms with Gasteiger partial charge in [0.1, 0.15) is 5.75 Å². The molecule has 1 fully saturated rings. The molecule has 1 aromatic rings. The summed E-state index contributed by atoms with van der Waals surface area (Å²) in [6.07, 6.45) is 4.67. The van der Waals surface area contributed by atoms with Gasteiger partial charge in [-0.2, -0.15) is 0 Å². The van der Waals surface area contributed by atoms with Crippen molar-refractivity contribution in [1.29, 1.82) is 0 Å². The number of hydrogen-bond donors (Lipinski definition) is 2. The minimum absolute atomic E-state index is 0.00268. The molecule has 25 heavy (non-hydrogen) atoms. The molecule has 0 saturated heterocycles. The molecule has 134 valence electrons. The van der Waals surface area contributed by atoms with Crippen LogP contribution in [0.5, 0.6) is 5.75 Å². The Morgan fingerprint density at radius 3 is 2.36 bits per heavy atom. The normalized spacial score (nSPS) is 27.4. The standard InChI is InChI=1S/C20H25NO4/c1-20(2,3)13-7-8-15(25-4)14(10-13)21-18(22)16-11-5-6-12(9-11)17(16)19(23)24/h5-8,10-12,16-17H,9H2,1-4H3,(H,21,22)(H,23,24)/t11-,12-,16+,17-/m0/s1. The molecule has 1 amide bonds. The van der Waals surface area contributed by atoms with E-state index in [2.05, 4.69) is 26.1 Å². The summed E-state index contributed by atoms with van der Waals surface area (Å²) >= 11 is 0. The number of carbonyl (C=O) groups is 2. The maximum atomic E-state index is 12.9. The van der Waals surface area contributed by atoms with Gasteiger partial charge in [-0.1, -0.05) is 39.0 Å². The minimum Gasteiger partial charge on any atom is -0.495 e. The predicted octanol–water partition coefficient (Wildman–Crippen LogP) is 3.45. The quantitative estimate of drug-likeness (QED) is 0.821. The molecule has 2 N–H and O–H groups in total. The highest BCUT2D eigenvalue weighted by molar-refractivity contribution is 5.97. The third kappa shape index (κ3) is 3.15. The second-order valence-electron chi connectivity index (χ2n) is 7.99. The number of ether oxygens (including phenoxy) is 1. The molecule has 1 aromatic carbocycles. The first kappa shape index (κ1) is 17.5. The molecule has 0 unspecified atom stereocenters. The number of methoxy groups -OCH3 is 1. The molecule has 0 radical (unpaired) electrons. The largest absolute Gasteiger partial charge is 0.495 e. The first-order chi connectivity index (χ1) is 11.7. The molecule has 2 aliphatic carbocycles. The van der Waals surface area contributed by atoms with Crippen LogP contribution in [0, 0.1) is 23.7 Å². The van der Waals surface area contributed by atoms with Crippen molar-refractivity contribution in [1.82, 2.24) is 0 Å². The van der Waals surface area contributed by atoms with Crippen LogP contribution in [-0.4, -0.2) is 24.1 Å². The molecule has 5 nitrogen and oxygen atoms in total. The SMILES string of the molecule is COc1ccc(C(C)(C)C)cc1NC(=O)[C@H]1[C@@H](C(=O)O)[C@H]2C=C[C@H]1C2. The molecule has 0 spiro atoms. The summed E-state index contributed by atoms with van der Waals surface area (Å²) in [6, 6.07) is 5.73. The number of hydrogen-bond acceptors (Lipinski definition) is 3. The van der Waals surface area contributed by atoms with E-state index in [1.807, 2.05) is 30.4 Å². The molecule has 0 aromatic heterocycles. The Labute approximate surface area is 148 Å². The molecule has 1 saturated carbocycles. The third-order valence-electron chi connectivity index (χ3n) is 5.37. The molecule has 3 rings (SSSR count). The van der Waals surface area contributed by atoms with E-state index in [9.17, 15) is 14.7 Å². The number of amides is 1. The minimum atomic E-state index is -0.896. The highest BCUT2D eigenvalue weighted by Crippen LogP contribution is 2.48. The van der Waals surface area contributed by atoms with E-state index in [0.29, 0.717) is 11.4 Å². The van der Waals surface area contributed by atoms with Crippen molar-refractivity contribution in [3.05, 3.63) is 35.9 Å². The Balaban J connectivity index is 1.88. The van der Waals surface area contributed by atoms with Gasteiger partial charge < -0.3 is 15.2 Å². The Morgan fingerprint density at radius 1 is 1.16 bits per heavy atom. The number of allylic oxidation sites excluding steroid dienone is 2. The molecular weight excluding hydrogens is 318 g/mol. The molecule has 0 heterocycles. The van der Waals surface area contributed by atoms with Gasteiger partial charge in [0, 0.05) is 0 Å². The lowest BCUT2D eigenvalue weighted by molar-refractivity contribution is -0.146. The number of carbonyl (C=O) groups excluding carboxylic acids is 1. The summed E-state index contributed by atoms with van der Waals surface area (Å²) in [7, 11) is 1.56. The lowest BCUT2D eigenvalue weighted by atomic mass is 9.82. The average molecular weight is 343 g/mol. The summed E-state index contributed by atoms with van der Waals surface area (Å²) in [4.78, 5) is 24.5. The van der Waals surface area contributed by atoms with E-state index in [1.165, 1.54) is 0 Å². The molecule has 4 atom stereocenters. The van der Waals surface area contributed by atoms with Crippen LogP contribution in [0.25, 0.3) is 0 Å². The number of nitrogens with one attached hydrogen (secondary N) is 1. The highest BCUT2D eigenvalue weighted by Gasteiger charge is 2.51. The zero-order valence-corrected chi connectivity index (χ0v) is 15.1. The van der Waals surface area contributed by atoms with E-state index >= 15 is 0 Å². The number of rotatable bonds is 4. The number of anilines is 1. The van der Waals surface area contributed by atoms with Gasteiger partial charge in [-0.15, -0.1) is 0 Å². The first-order valence-electron chi connectivity index (χ1n) is 8.63. The van der Waals surface area contributed by atoms with E-state index in [1.54, 1.807) is 7.11 Å². The molecular formula is C20H25NO4. The van der Waals surface area contributed by atoms with Gasteiger partial charge in [-0.3, -0.25) is 9.59 Å². The zero-order valence-electron chi connectivity index (χ0n) is 15.1. The second-order valence-corrected chi connectivity index (χ2v) is 7.99. The number of aliphatic carboxylic acids is 1. The van der Waals surface area contributed by atoms with Crippen LogP contribution in [-0.2, 0) is 15.0 Å². The third-order valence-corrected chi connectivity index (χ3v) is 5.37. The number of carboxylic acids is 1. The van der Waals surface area contributed by atoms with Gasteiger partial charge >= 0.3 is 5.97 Å². The Bertz CT molecular complexity index is 732. The number of benzene rings is 1. The summed E-state index contributed by atoms with van der Waals surface area (Å²) in [6.45, 7) is 6.30. The van der Waals surface area contributed by atoms with E-state index < -0.39 is 17.8 Å². The zero-order chi connectivity index (χ0) is 18.4. The van der Waals surface area contributed by atoms with Crippen molar-refractivity contribution in [3.63, 3.8) is 0 Å². The van der Waals surface area contributed by atoms with Gasteiger partial charge in [0.05, 0.1) is 24.6 Å². The lowest BCUT2D eigenvalue weighted by Crippen LogP contribution is -2.36. The van der Waals surface area contributed by atoms with E-state index in [4.69, 9.17) is 4.74 Å². The van der Waals surface area contributed by atoms with Crippen LogP contribution in [0.1, 0.15) is 32.8 Å². The fraction of sp³-hybridized carbons (Fsp3) is 0.500. The monoisotopic (exact) mass is 343 g/mol. The molecule has 2 bridgehead atoms. The average Bonchev–Trinajstić information content (AvgIpc) is 3.14. The summed E-state index contributed by atoms with van der Waals surface area (Å²) < 4.78 is 5.37. The van der Waals surface area contributed by atoms with Crippen molar-refractivity contribution in [2.45, 2.75) is 32.6 Å². The number of carboxylic acid groups (broad SMARTS) is 1. The van der Waals surface area contributed by atoms with Gasteiger partial charge in [-0.05, 0) is 41.4 Å².